The van der Waals surface area contributed by atoms with Gasteiger partial charge in [-0.15, -0.1) is 0 Å². The van der Waals surface area contributed by atoms with Crippen molar-refractivity contribution >= 4 is 11.7 Å². The number of carbonyl (C=O) groups excluding carboxylic acids is 1. The van der Waals surface area contributed by atoms with E-state index >= 15 is 0 Å². The number of fused-ring (bicyclic) bond motifs is 1. The maximum atomic E-state index is 13.2. The van der Waals surface area contributed by atoms with Gasteiger partial charge in [0.1, 0.15) is 11.8 Å². The second kappa shape index (κ2) is 7.94. The van der Waals surface area contributed by atoms with Crippen molar-refractivity contribution in [2.75, 3.05) is 12.4 Å². The molecule has 0 unspecified atom stereocenters. The van der Waals surface area contributed by atoms with Gasteiger partial charge in [0.2, 0.25) is 11.7 Å². The fraction of sp³-hybridized carbons (Fsp3) is 0.182. The summed E-state index contributed by atoms with van der Waals surface area (Å²) < 4.78 is 10.7. The molecular weight excluding hydrogens is 396 g/mol. The van der Waals surface area contributed by atoms with Crippen LogP contribution in [0.4, 0.5) is 10.5 Å². The molecule has 2 aromatic heterocycles. The Balaban J connectivity index is 1.43. The summed E-state index contributed by atoms with van der Waals surface area (Å²) in [5.41, 5.74) is 3.29. The molecule has 2 amide bonds. The third-order valence-corrected chi connectivity index (χ3v) is 5.26. The van der Waals surface area contributed by atoms with Gasteiger partial charge in [-0.05, 0) is 24.3 Å². The molecule has 0 bridgehead atoms. The average Bonchev–Trinajstić information content (AvgIpc) is 3.48. The molecule has 4 aromatic rings. The Hall–Kier alpha value is -4.14. The molecule has 0 saturated heterocycles. The molecule has 0 radical (unpaired) electrons. The summed E-state index contributed by atoms with van der Waals surface area (Å²) in [5, 5.41) is 7.05. The predicted molar refractivity (Wildman–Crippen MR) is 112 cm³/mol. The minimum Gasteiger partial charge on any atom is -0.497 e. The summed E-state index contributed by atoms with van der Waals surface area (Å²) >= 11 is 0. The minimum absolute atomic E-state index is 0.269. The third kappa shape index (κ3) is 3.73. The van der Waals surface area contributed by atoms with Crippen LogP contribution in [0, 0.1) is 0 Å². The van der Waals surface area contributed by atoms with Crippen LogP contribution in [-0.4, -0.2) is 38.1 Å². The maximum absolute atomic E-state index is 13.2. The Kier molecular flexibility index (Phi) is 4.83. The summed E-state index contributed by atoms with van der Waals surface area (Å²) in [6.45, 7) is 0.352. The zero-order chi connectivity index (χ0) is 21.2. The Morgan fingerprint density at radius 1 is 1.19 bits per heavy atom. The number of methoxy groups -OCH3 is 1. The average molecular weight is 416 g/mol. The van der Waals surface area contributed by atoms with Crippen molar-refractivity contribution < 1.29 is 14.1 Å². The van der Waals surface area contributed by atoms with Crippen LogP contribution in [-0.2, 0) is 13.0 Å². The number of imidazole rings is 1. The van der Waals surface area contributed by atoms with Crippen molar-refractivity contribution in [2.24, 2.45) is 0 Å². The standard InChI is InChI=1S/C22H20N6O3/c1-30-16-9-7-15(8-10-16)25-22(29)28-12-18-17(23-13-24-18)11-19(28)21-26-20(27-31-21)14-5-3-2-4-6-14/h2-10,13,19H,11-12H2,1H3,(H,23,24)(H,25,29)/t19-/m0/s1. The molecule has 9 nitrogen and oxygen atoms in total. The first-order valence-electron chi connectivity index (χ1n) is 9.83. The zero-order valence-electron chi connectivity index (χ0n) is 16.8. The first kappa shape index (κ1) is 18.9. The molecule has 156 valence electrons. The van der Waals surface area contributed by atoms with Crippen molar-refractivity contribution in [3.63, 3.8) is 0 Å². The van der Waals surface area contributed by atoms with Gasteiger partial charge in [-0.1, -0.05) is 35.5 Å². The van der Waals surface area contributed by atoms with Gasteiger partial charge in [0, 0.05) is 17.7 Å². The zero-order valence-corrected chi connectivity index (χ0v) is 16.8. The quantitative estimate of drug-likeness (QED) is 0.524. The van der Waals surface area contributed by atoms with Gasteiger partial charge in [-0.25, -0.2) is 9.78 Å². The van der Waals surface area contributed by atoms with Crippen molar-refractivity contribution in [3.8, 4) is 17.1 Å². The number of nitrogens with zero attached hydrogens (tertiary/aromatic N) is 4. The summed E-state index contributed by atoms with van der Waals surface area (Å²) in [6, 6.07) is 16.0. The molecule has 31 heavy (non-hydrogen) atoms. The van der Waals surface area contributed by atoms with E-state index < -0.39 is 6.04 Å². The number of benzene rings is 2. The number of aromatic amines is 1. The van der Waals surface area contributed by atoms with E-state index in [4.69, 9.17) is 9.26 Å². The lowest BCUT2D eigenvalue weighted by Gasteiger charge is -2.32. The number of ether oxygens (including phenoxy) is 1. The molecule has 9 heteroatoms. The Labute approximate surface area is 178 Å². The number of rotatable bonds is 4. The molecule has 0 saturated carbocycles. The highest BCUT2D eigenvalue weighted by Gasteiger charge is 2.36. The number of carbonyl (C=O) groups is 1. The Morgan fingerprint density at radius 2 is 2.00 bits per heavy atom. The second-order valence-electron chi connectivity index (χ2n) is 7.16. The number of hydrogen-bond donors (Lipinski definition) is 2. The highest BCUT2D eigenvalue weighted by Crippen LogP contribution is 2.32. The van der Waals surface area contributed by atoms with E-state index in [1.54, 1.807) is 42.6 Å². The van der Waals surface area contributed by atoms with E-state index in [2.05, 4.69) is 25.4 Å². The number of amides is 2. The normalized spacial score (nSPS) is 15.4. The number of hydrogen-bond acceptors (Lipinski definition) is 6. The van der Waals surface area contributed by atoms with Gasteiger partial charge in [0.05, 0.1) is 31.4 Å². The van der Waals surface area contributed by atoms with Crippen LogP contribution in [0.2, 0.25) is 0 Å². The van der Waals surface area contributed by atoms with Crippen molar-refractivity contribution in [2.45, 2.75) is 19.0 Å². The highest BCUT2D eigenvalue weighted by molar-refractivity contribution is 5.89. The highest BCUT2D eigenvalue weighted by atomic mass is 16.5. The van der Waals surface area contributed by atoms with Gasteiger partial charge in [-0.3, -0.25) is 0 Å². The van der Waals surface area contributed by atoms with Gasteiger partial charge < -0.3 is 24.5 Å². The van der Waals surface area contributed by atoms with Crippen molar-refractivity contribution in [1.82, 2.24) is 25.0 Å². The molecule has 2 aromatic carbocycles. The van der Waals surface area contributed by atoms with Crippen LogP contribution in [0.1, 0.15) is 23.3 Å². The molecule has 0 aliphatic carbocycles. The van der Waals surface area contributed by atoms with Gasteiger partial charge in [0.15, 0.2) is 0 Å². The summed E-state index contributed by atoms with van der Waals surface area (Å²) in [7, 11) is 1.60. The fourth-order valence-electron chi connectivity index (χ4n) is 3.61. The smallest absolute Gasteiger partial charge is 0.322 e. The van der Waals surface area contributed by atoms with Crippen LogP contribution in [0.3, 0.4) is 0 Å². The Morgan fingerprint density at radius 3 is 2.77 bits per heavy atom. The van der Waals surface area contributed by atoms with Crippen LogP contribution < -0.4 is 10.1 Å². The number of nitrogens with one attached hydrogen (secondary N) is 2. The van der Waals surface area contributed by atoms with Crippen LogP contribution in [0.15, 0.2) is 65.4 Å². The van der Waals surface area contributed by atoms with Crippen LogP contribution in [0.25, 0.3) is 11.4 Å². The van der Waals surface area contributed by atoms with Crippen LogP contribution >= 0.6 is 0 Å². The summed E-state index contributed by atoms with van der Waals surface area (Å²) in [4.78, 5) is 26.9. The number of anilines is 1. The molecular formula is C22H20N6O3. The molecule has 1 aliphatic rings. The molecule has 5 rings (SSSR count). The lowest BCUT2D eigenvalue weighted by atomic mass is 10.0. The molecule has 3 heterocycles. The van der Waals surface area contributed by atoms with Gasteiger partial charge >= 0.3 is 6.03 Å². The monoisotopic (exact) mass is 416 g/mol. The van der Waals surface area contributed by atoms with Crippen molar-refractivity contribution in [1.29, 1.82) is 0 Å². The van der Waals surface area contributed by atoms with Gasteiger partial charge in [0.25, 0.3) is 0 Å². The molecule has 2 N–H and O–H groups in total. The second-order valence-corrected chi connectivity index (χ2v) is 7.16. The Bertz CT molecular complexity index is 1190. The minimum atomic E-state index is -0.431. The fourth-order valence-corrected chi connectivity index (χ4v) is 3.61. The van der Waals surface area contributed by atoms with E-state index in [0.29, 0.717) is 30.4 Å². The largest absolute Gasteiger partial charge is 0.497 e. The van der Waals surface area contributed by atoms with E-state index in [-0.39, 0.29) is 6.03 Å². The predicted octanol–water partition coefficient (Wildman–Crippen LogP) is 3.80. The third-order valence-electron chi connectivity index (χ3n) is 5.26. The topological polar surface area (TPSA) is 109 Å². The number of aromatic nitrogens is 4. The van der Waals surface area contributed by atoms with Crippen molar-refractivity contribution in [3.05, 3.63) is 78.2 Å². The number of urea groups is 1. The lowest BCUT2D eigenvalue weighted by Crippen LogP contribution is -2.41. The van der Waals surface area contributed by atoms with E-state index in [1.807, 2.05) is 30.3 Å². The molecule has 0 spiro atoms. The SMILES string of the molecule is COc1ccc(NC(=O)N2Cc3[nH]cnc3C[C@H]2c2nc(-c3ccccc3)no2)cc1. The molecule has 1 aliphatic heterocycles. The van der Waals surface area contributed by atoms with Crippen LogP contribution in [0.5, 0.6) is 5.75 Å². The maximum Gasteiger partial charge on any atom is 0.322 e. The lowest BCUT2D eigenvalue weighted by molar-refractivity contribution is 0.155. The summed E-state index contributed by atoms with van der Waals surface area (Å²) in [6.07, 6.45) is 2.11. The number of H-pyrrole nitrogens is 1. The molecule has 1 atom stereocenters. The first-order chi connectivity index (χ1) is 15.2. The van der Waals surface area contributed by atoms with E-state index in [9.17, 15) is 4.79 Å². The first-order valence-corrected chi connectivity index (χ1v) is 9.83. The summed E-state index contributed by atoms with van der Waals surface area (Å²) in [5.74, 6) is 1.58. The van der Waals surface area contributed by atoms with Gasteiger partial charge in [-0.2, -0.15) is 4.98 Å². The molecule has 0 fully saturated rings. The van der Waals surface area contributed by atoms with E-state index in [1.165, 1.54) is 0 Å². The van der Waals surface area contributed by atoms with E-state index in [0.717, 1.165) is 22.7 Å².